The van der Waals surface area contributed by atoms with E-state index in [0.717, 1.165) is 12.8 Å². The van der Waals surface area contributed by atoms with Gasteiger partial charge in [-0.2, -0.15) is 13.2 Å². The molecule has 1 aromatic rings. The average molecular weight is 526 g/mol. The van der Waals surface area contributed by atoms with Crippen molar-refractivity contribution in [3.63, 3.8) is 0 Å². The topological polar surface area (TPSA) is 105 Å². The lowest BCUT2D eigenvalue weighted by molar-refractivity contribution is -0.139. The van der Waals surface area contributed by atoms with E-state index >= 15 is 0 Å². The zero-order valence-electron chi connectivity index (χ0n) is 18.4. The average Bonchev–Trinajstić information content (AvgIpc) is 3.49. The molecule has 1 aliphatic heterocycles. The summed E-state index contributed by atoms with van der Waals surface area (Å²) in [5.74, 6) is -0.132. The zero-order chi connectivity index (χ0) is 24.9. The Bertz CT molecular complexity index is 1000. The Hall–Kier alpha value is -2.05. The van der Waals surface area contributed by atoms with E-state index < -0.39 is 40.6 Å². The van der Waals surface area contributed by atoms with Gasteiger partial charge in [-0.1, -0.05) is 24.1 Å². The first-order valence-corrected chi connectivity index (χ1v) is 13.0. The fourth-order valence-corrected chi connectivity index (χ4v) is 5.04. The van der Waals surface area contributed by atoms with Crippen molar-refractivity contribution in [1.82, 2.24) is 14.9 Å². The van der Waals surface area contributed by atoms with Crippen molar-refractivity contribution >= 4 is 33.6 Å². The first kappa shape index (κ1) is 26.6. The van der Waals surface area contributed by atoms with E-state index in [1.54, 1.807) is 0 Å². The molecule has 1 aliphatic carbocycles. The van der Waals surface area contributed by atoms with Crippen LogP contribution in [-0.4, -0.2) is 56.9 Å². The van der Waals surface area contributed by atoms with E-state index in [0.29, 0.717) is 25.4 Å². The molecule has 0 radical (unpaired) electrons. The molecular formula is C21H27ClF3N3O5S. The molecule has 8 nitrogen and oxygen atoms in total. The lowest BCUT2D eigenvalue weighted by Gasteiger charge is -2.22. The molecule has 1 aromatic carbocycles. The number of nitrogens with zero attached hydrogens (tertiary/aromatic N) is 1. The number of hydrogen-bond acceptors (Lipinski definition) is 5. The highest BCUT2D eigenvalue weighted by Crippen LogP contribution is 2.36. The molecule has 1 atom stereocenters. The molecule has 3 rings (SSSR count). The summed E-state index contributed by atoms with van der Waals surface area (Å²) < 4.78 is 72.5. The Morgan fingerprint density at radius 1 is 1.21 bits per heavy atom. The summed E-state index contributed by atoms with van der Waals surface area (Å²) in [5.41, 5.74) is 0.112. The molecular weight excluding hydrogens is 499 g/mol. The Balaban J connectivity index is 1.57. The lowest BCUT2D eigenvalue weighted by atomic mass is 10.0. The van der Waals surface area contributed by atoms with Crippen LogP contribution in [0.4, 0.5) is 18.0 Å². The molecule has 190 valence electrons. The minimum Gasteiger partial charge on any atom is -0.492 e. The Morgan fingerprint density at radius 2 is 1.94 bits per heavy atom. The Kier molecular flexibility index (Phi) is 8.69. The van der Waals surface area contributed by atoms with Gasteiger partial charge in [-0.3, -0.25) is 10.1 Å². The lowest BCUT2D eigenvalue weighted by Crippen LogP contribution is -2.33. The molecule has 1 saturated carbocycles. The van der Waals surface area contributed by atoms with Gasteiger partial charge in [-0.05, 0) is 49.3 Å². The number of carbonyl (C=O) groups is 2. The number of unbranched alkanes of at least 4 members (excludes halogenated alkanes) is 2. The minimum atomic E-state index is -4.60. The van der Waals surface area contributed by atoms with Gasteiger partial charge in [0.2, 0.25) is 15.9 Å². The molecule has 2 fully saturated rings. The minimum absolute atomic E-state index is 0.0364. The molecule has 0 aromatic heterocycles. The first-order valence-electron chi connectivity index (χ1n) is 11.0. The van der Waals surface area contributed by atoms with Gasteiger partial charge in [-0.25, -0.2) is 17.9 Å². The maximum Gasteiger partial charge on any atom is 0.390 e. The summed E-state index contributed by atoms with van der Waals surface area (Å²) in [5, 5.41) is 2.39. The molecule has 2 aliphatic rings. The number of urea groups is 1. The van der Waals surface area contributed by atoms with Crippen LogP contribution in [0.25, 0.3) is 0 Å². The fraction of sp³-hybridized carbons (Fsp3) is 0.619. The third-order valence-corrected chi connectivity index (χ3v) is 7.28. The predicted molar refractivity (Wildman–Crippen MR) is 119 cm³/mol. The SMILES string of the molecule is O=C1CN(CCCCCS(=O)(=O)N[C@H](CC(F)(F)F)c2ccc(Cl)c(OCC3CC3)c2)C(=O)N1. The highest BCUT2D eigenvalue weighted by Gasteiger charge is 2.35. The van der Waals surface area contributed by atoms with Crippen LogP contribution in [0.15, 0.2) is 18.2 Å². The Labute approximate surface area is 201 Å². The number of benzene rings is 1. The van der Waals surface area contributed by atoms with Crippen molar-refractivity contribution in [3.8, 4) is 5.75 Å². The van der Waals surface area contributed by atoms with Crippen molar-refractivity contribution < 1.29 is 35.9 Å². The number of nitrogens with one attached hydrogen (secondary N) is 2. The van der Waals surface area contributed by atoms with Crippen LogP contribution >= 0.6 is 11.6 Å². The van der Waals surface area contributed by atoms with Crippen LogP contribution in [0, 0.1) is 5.92 Å². The molecule has 3 amide bonds. The number of carbonyl (C=O) groups excluding carboxylic acids is 2. The maximum atomic E-state index is 13.2. The van der Waals surface area contributed by atoms with Crippen molar-refractivity contribution in [2.45, 2.75) is 50.7 Å². The zero-order valence-corrected chi connectivity index (χ0v) is 19.9. The van der Waals surface area contributed by atoms with E-state index in [4.69, 9.17) is 16.3 Å². The van der Waals surface area contributed by atoms with Crippen LogP contribution in [-0.2, 0) is 14.8 Å². The summed E-state index contributed by atoms with van der Waals surface area (Å²) in [6.07, 6.45) is -2.87. The van der Waals surface area contributed by atoms with Crippen molar-refractivity contribution in [2.75, 3.05) is 25.4 Å². The van der Waals surface area contributed by atoms with Crippen LogP contribution in [0.2, 0.25) is 5.02 Å². The predicted octanol–water partition coefficient (Wildman–Crippen LogP) is 3.76. The number of imide groups is 1. The van der Waals surface area contributed by atoms with Gasteiger partial charge in [0.1, 0.15) is 12.3 Å². The van der Waals surface area contributed by atoms with Crippen molar-refractivity contribution in [3.05, 3.63) is 28.8 Å². The monoisotopic (exact) mass is 525 g/mol. The molecule has 0 unspecified atom stereocenters. The number of hydrogen-bond donors (Lipinski definition) is 2. The molecule has 1 saturated heterocycles. The van der Waals surface area contributed by atoms with Crippen LogP contribution in [0.3, 0.4) is 0 Å². The van der Waals surface area contributed by atoms with Crippen molar-refractivity contribution in [2.24, 2.45) is 5.92 Å². The van der Waals surface area contributed by atoms with Crippen molar-refractivity contribution in [1.29, 1.82) is 0 Å². The largest absolute Gasteiger partial charge is 0.492 e. The summed E-state index contributed by atoms with van der Waals surface area (Å²) in [7, 11) is -4.03. The number of halogens is 4. The van der Waals surface area contributed by atoms with Gasteiger partial charge in [-0.15, -0.1) is 0 Å². The second-order valence-electron chi connectivity index (χ2n) is 8.59. The van der Waals surface area contributed by atoms with Gasteiger partial charge in [0, 0.05) is 6.54 Å². The highest BCUT2D eigenvalue weighted by atomic mass is 35.5. The number of ether oxygens (including phenoxy) is 1. The smallest absolute Gasteiger partial charge is 0.390 e. The summed E-state index contributed by atoms with van der Waals surface area (Å²) in [4.78, 5) is 24.0. The molecule has 13 heteroatoms. The van der Waals surface area contributed by atoms with Gasteiger partial charge >= 0.3 is 12.2 Å². The second kappa shape index (κ2) is 11.1. The Morgan fingerprint density at radius 3 is 2.56 bits per heavy atom. The number of sulfonamides is 1. The molecule has 0 bridgehead atoms. The molecule has 1 heterocycles. The molecule has 34 heavy (non-hydrogen) atoms. The van der Waals surface area contributed by atoms with E-state index in [1.165, 1.54) is 23.1 Å². The van der Waals surface area contributed by atoms with Gasteiger partial charge in [0.05, 0.1) is 29.8 Å². The summed E-state index contributed by atoms with van der Waals surface area (Å²) in [6, 6.07) is 2.10. The standard InChI is InChI=1S/C21H27ClF3N3O5S/c22-16-7-6-15(10-18(16)33-13-14-4-5-14)17(11-21(23,24)25)27-34(31,32)9-3-1-2-8-28-12-19(29)26-20(28)30/h6-7,10,14,17,27H,1-5,8-9,11-13H2,(H,26,29,30)/t17-/m1/s1. The van der Waals surface area contributed by atoms with Gasteiger partial charge in [0.15, 0.2) is 0 Å². The van der Waals surface area contributed by atoms with E-state index in [9.17, 15) is 31.2 Å². The van der Waals surface area contributed by atoms with Crippen LogP contribution in [0.1, 0.15) is 50.1 Å². The van der Waals surface area contributed by atoms with Crippen LogP contribution < -0.4 is 14.8 Å². The quantitative estimate of drug-likeness (QED) is 0.301. The third kappa shape index (κ3) is 8.62. The summed E-state index contributed by atoms with van der Waals surface area (Å²) in [6.45, 7) is 0.660. The normalized spacial score (nSPS) is 17.7. The number of rotatable bonds is 13. The first-order chi connectivity index (χ1) is 15.9. The second-order valence-corrected chi connectivity index (χ2v) is 10.9. The van der Waals surface area contributed by atoms with E-state index in [-0.39, 0.29) is 41.6 Å². The number of alkyl halides is 3. The van der Waals surface area contributed by atoms with Gasteiger partial charge in [0.25, 0.3) is 0 Å². The van der Waals surface area contributed by atoms with Gasteiger partial charge < -0.3 is 9.64 Å². The van der Waals surface area contributed by atoms with E-state index in [1.807, 2.05) is 0 Å². The van der Waals surface area contributed by atoms with Crippen LogP contribution in [0.5, 0.6) is 5.75 Å². The van der Waals surface area contributed by atoms with E-state index in [2.05, 4.69) is 10.0 Å². The molecule has 0 spiro atoms. The molecule has 2 N–H and O–H groups in total. The number of amides is 3. The summed E-state index contributed by atoms with van der Waals surface area (Å²) >= 11 is 6.10. The fourth-order valence-electron chi connectivity index (χ4n) is 3.51. The maximum absolute atomic E-state index is 13.2. The highest BCUT2D eigenvalue weighted by molar-refractivity contribution is 7.89. The third-order valence-electron chi connectivity index (χ3n) is 5.50.